The Morgan fingerprint density at radius 2 is 1.04 bits per heavy atom. The number of ether oxygens (including phenoxy) is 2. The van der Waals surface area contributed by atoms with Crippen LogP contribution in [0.15, 0.2) is 54.7 Å². The summed E-state index contributed by atoms with van der Waals surface area (Å²) in [4.78, 5) is 86.9. The number of aryl methyl sites for hydroxylation is 5. The first-order valence-electron chi connectivity index (χ1n) is 28.5. The van der Waals surface area contributed by atoms with Gasteiger partial charge in [0.15, 0.2) is 0 Å². The van der Waals surface area contributed by atoms with Crippen molar-refractivity contribution in [1.82, 2.24) is 24.9 Å². The van der Waals surface area contributed by atoms with Gasteiger partial charge in [-0.05, 0) is 135 Å². The molecule has 0 unspecified atom stereocenters. The van der Waals surface area contributed by atoms with Crippen LogP contribution in [0.3, 0.4) is 0 Å². The van der Waals surface area contributed by atoms with Crippen LogP contribution in [-0.4, -0.2) is 82.8 Å². The van der Waals surface area contributed by atoms with Gasteiger partial charge in [-0.15, -0.1) is 56.7 Å². The third-order valence-electron chi connectivity index (χ3n) is 15.2. The minimum Gasteiger partial charge on any atom is -0.497 e. The second-order valence-corrected chi connectivity index (χ2v) is 26.8. The minimum absolute atomic E-state index is 0.357. The highest BCUT2D eigenvalue weighted by Gasteiger charge is 2.29. The second kappa shape index (κ2) is 27.4. The van der Waals surface area contributed by atoms with Crippen molar-refractivity contribution in [3.05, 3.63) is 124 Å². The standard InChI is InChI=1S/C18H17N3O2S.C14H17N3OS.C11H13N3O2S.C10H12N4OS.C10H11N3OS/c1-23-11-6-4-9(5-7-11)12-8-13(10-2-3-10)21-18-14(12)15(19)16(24-18)17(20)22;1-2-9-7-5-3-4-6-8(7)10-11(15)12(13(16)18)19-14(10)17-9;1-5-3-6(4-16-2)7-8(12)9(10(13)15)17-11(7)14-5;1-14(2)5-3-4-13-10-6(5)7(11)8(16-10)9(12)15;1-4-3-6(11)7-5(2)8(9(12)14)15-10(7)13-4/h4-8,10H,2-3,19H2,1H3,(H2,20,22);2-6,15H2,1H3,(H2,16,18);3H,4,12H2,1-2H3,(H2,13,15);3-4H,11H2,1-2H3,(H2,12,15);3H,1-2H3,(H2,11,13)(H2,12,14). The van der Waals surface area contributed by atoms with E-state index < -0.39 is 29.5 Å². The van der Waals surface area contributed by atoms with Crippen LogP contribution in [0, 0.1) is 20.8 Å². The Labute approximate surface area is 543 Å². The van der Waals surface area contributed by atoms with Gasteiger partial charge in [0.05, 0.1) is 52.4 Å². The third-order valence-corrected chi connectivity index (χ3v) is 20.9. The lowest BCUT2D eigenvalue weighted by atomic mass is 9.88. The lowest BCUT2D eigenvalue weighted by Crippen LogP contribution is -2.12. The highest BCUT2D eigenvalue weighted by atomic mass is 32.1. The van der Waals surface area contributed by atoms with Crippen LogP contribution in [-0.2, 0) is 30.6 Å². The number of nitrogens with two attached hydrogens (primary N) is 10. The number of benzene rings is 1. The molecular formula is C63H70N16O7S5. The van der Waals surface area contributed by atoms with E-state index in [1.807, 2.05) is 76.2 Å². The molecule has 23 nitrogen and oxygen atoms in total. The van der Waals surface area contributed by atoms with Crippen molar-refractivity contribution in [2.75, 3.05) is 61.9 Å². The summed E-state index contributed by atoms with van der Waals surface area (Å²) in [5, 5.41) is 4.20. The SMILES string of the molecule is CCc1nc2sc(C(N)=O)c(N)c2c2c1CCCC2.CN(C)c1ccnc2sc(C(N)=O)c(N)c12.COCc1cc(C)nc2sc(C(N)=O)c(N)c12.COc1ccc(-c2cc(C3CC3)nc3sc(C(N)=O)c(N)c23)cc1.Cc1cc(N)c2c(C)c(C(N)=O)sc2n1. The van der Waals surface area contributed by atoms with Crippen molar-refractivity contribution in [1.29, 1.82) is 0 Å². The quantitative estimate of drug-likeness (QED) is 0.0543. The zero-order chi connectivity index (χ0) is 66.0. The van der Waals surface area contributed by atoms with Gasteiger partial charge in [0.1, 0.15) is 49.4 Å². The summed E-state index contributed by atoms with van der Waals surface area (Å²) in [5.74, 6) is -1.12. The molecule has 0 bridgehead atoms. The number of carbonyl (C=O) groups is 5. The molecule has 10 heterocycles. The number of primary amides is 5. The number of pyridine rings is 5. The molecule has 2 aliphatic carbocycles. The fourth-order valence-corrected chi connectivity index (χ4v) is 16.0. The van der Waals surface area contributed by atoms with E-state index in [0.29, 0.717) is 65.3 Å². The maximum absolute atomic E-state index is 11.7. The Balaban J connectivity index is 0.000000136. The van der Waals surface area contributed by atoms with Gasteiger partial charge in [0, 0.05) is 83.3 Å². The average molecular weight is 1320 g/mol. The van der Waals surface area contributed by atoms with Crippen LogP contribution in [0.5, 0.6) is 5.75 Å². The zero-order valence-corrected chi connectivity index (χ0v) is 55.4. The number of carbonyl (C=O) groups excluding carboxylic acids is 5. The number of anilines is 6. The van der Waals surface area contributed by atoms with Gasteiger partial charge >= 0.3 is 0 Å². The predicted molar refractivity (Wildman–Crippen MR) is 372 cm³/mol. The predicted octanol–water partition coefficient (Wildman–Crippen LogP) is 10.0. The zero-order valence-electron chi connectivity index (χ0n) is 51.3. The highest BCUT2D eigenvalue weighted by Crippen LogP contribution is 2.46. The van der Waals surface area contributed by atoms with Crippen molar-refractivity contribution in [3.8, 4) is 16.9 Å². The molecule has 1 fully saturated rings. The molecule has 2 aliphatic rings. The summed E-state index contributed by atoms with van der Waals surface area (Å²) in [6.45, 7) is 8.15. The van der Waals surface area contributed by atoms with Crippen molar-refractivity contribution in [2.45, 2.75) is 85.2 Å². The molecule has 20 N–H and O–H groups in total. The Bertz CT molecular complexity index is 4680. The topological polar surface area (TPSA) is 432 Å². The van der Waals surface area contributed by atoms with Gasteiger partial charge in [-0.2, -0.15) is 0 Å². The summed E-state index contributed by atoms with van der Waals surface area (Å²) in [6, 6.07) is 15.5. The number of hydrogen-bond donors (Lipinski definition) is 10. The van der Waals surface area contributed by atoms with Crippen LogP contribution in [0.2, 0.25) is 0 Å². The lowest BCUT2D eigenvalue weighted by Gasteiger charge is -2.19. The van der Waals surface area contributed by atoms with E-state index in [1.165, 1.54) is 80.7 Å². The van der Waals surface area contributed by atoms with E-state index >= 15 is 0 Å². The fourth-order valence-electron chi connectivity index (χ4n) is 10.9. The maximum Gasteiger partial charge on any atom is 0.260 e. The molecule has 13 rings (SSSR count). The number of methoxy groups -OCH3 is 2. The molecule has 91 heavy (non-hydrogen) atoms. The smallest absolute Gasteiger partial charge is 0.260 e. The number of fused-ring (bicyclic) bond motifs is 7. The Kier molecular flexibility index (Phi) is 19.9. The molecule has 11 aromatic rings. The highest BCUT2D eigenvalue weighted by molar-refractivity contribution is 7.22. The number of amides is 5. The van der Waals surface area contributed by atoms with Crippen LogP contribution in [0.4, 0.5) is 34.1 Å². The molecule has 1 saturated carbocycles. The van der Waals surface area contributed by atoms with Gasteiger partial charge in [-0.1, -0.05) is 19.1 Å². The van der Waals surface area contributed by atoms with E-state index in [0.717, 1.165) is 140 Å². The van der Waals surface area contributed by atoms with Gasteiger partial charge in [-0.3, -0.25) is 24.0 Å². The van der Waals surface area contributed by atoms with Crippen molar-refractivity contribution in [2.24, 2.45) is 28.7 Å². The minimum atomic E-state index is -0.522. The van der Waals surface area contributed by atoms with Crippen LogP contribution >= 0.6 is 56.7 Å². The van der Waals surface area contributed by atoms with Crippen molar-refractivity contribution in [3.63, 3.8) is 0 Å². The first-order valence-corrected chi connectivity index (χ1v) is 32.6. The van der Waals surface area contributed by atoms with E-state index in [4.69, 9.17) is 76.8 Å². The average Bonchev–Trinajstić information content (AvgIpc) is 1.70. The van der Waals surface area contributed by atoms with E-state index in [-0.39, 0.29) is 0 Å². The molecule has 1 aromatic carbocycles. The van der Waals surface area contributed by atoms with Gasteiger partial charge < -0.3 is 71.7 Å². The van der Waals surface area contributed by atoms with Crippen LogP contribution in [0.25, 0.3) is 62.2 Å². The summed E-state index contributed by atoms with van der Waals surface area (Å²) in [5.41, 5.74) is 70.4. The number of nitrogen functional groups attached to an aromatic ring is 5. The normalized spacial score (nSPS) is 12.4. The first-order chi connectivity index (χ1) is 43.3. The van der Waals surface area contributed by atoms with Gasteiger partial charge in [0.25, 0.3) is 29.5 Å². The number of nitrogens with zero attached hydrogens (tertiary/aromatic N) is 6. The Morgan fingerprint density at radius 3 is 1.57 bits per heavy atom. The number of hydrogen-bond acceptors (Lipinski definition) is 23. The molecule has 0 atom stereocenters. The van der Waals surface area contributed by atoms with Gasteiger partial charge in [-0.25, -0.2) is 24.9 Å². The van der Waals surface area contributed by atoms with Crippen LogP contribution < -0.4 is 67.0 Å². The largest absolute Gasteiger partial charge is 0.497 e. The molecule has 0 radical (unpaired) electrons. The molecule has 10 aromatic heterocycles. The third kappa shape index (κ3) is 13.6. The van der Waals surface area contributed by atoms with Crippen molar-refractivity contribution < 1.29 is 33.4 Å². The number of rotatable bonds is 12. The fraction of sp³-hybridized carbons (Fsp3) is 0.270. The first kappa shape index (κ1) is 66.1. The van der Waals surface area contributed by atoms with Crippen molar-refractivity contribution >= 4 is 171 Å². The molecule has 0 saturated heterocycles. The van der Waals surface area contributed by atoms with E-state index in [9.17, 15) is 24.0 Å². The Morgan fingerprint density at radius 1 is 0.560 bits per heavy atom. The summed E-state index contributed by atoms with van der Waals surface area (Å²) in [6.07, 6.45) is 9.41. The molecule has 5 amide bonds. The number of thiophene rings is 5. The molecule has 474 valence electrons. The molecular weight excluding hydrogens is 1250 g/mol. The summed E-state index contributed by atoms with van der Waals surface area (Å²) < 4.78 is 10.3. The molecule has 28 heteroatoms. The lowest BCUT2D eigenvalue weighted by molar-refractivity contribution is 0.0995. The molecule has 0 spiro atoms. The Hall–Kier alpha value is -9.32. The van der Waals surface area contributed by atoms with Gasteiger partial charge in [0.2, 0.25) is 0 Å². The molecule has 0 aliphatic heterocycles. The summed E-state index contributed by atoms with van der Waals surface area (Å²) >= 11 is 6.34. The van der Waals surface area contributed by atoms with E-state index in [1.54, 1.807) is 26.5 Å². The maximum atomic E-state index is 11.7. The van der Waals surface area contributed by atoms with Crippen LogP contribution in [0.1, 0.15) is 132 Å². The van der Waals surface area contributed by atoms with E-state index in [2.05, 4.69) is 27.9 Å². The second-order valence-electron chi connectivity index (χ2n) is 21.8. The number of aromatic nitrogens is 5. The monoisotopic (exact) mass is 1320 g/mol. The summed E-state index contributed by atoms with van der Waals surface area (Å²) in [7, 11) is 7.08.